The van der Waals surface area contributed by atoms with E-state index in [-0.39, 0.29) is 5.15 Å². The van der Waals surface area contributed by atoms with Gasteiger partial charge in [0.25, 0.3) is 5.91 Å². The number of aromatic nitrogens is 3. The fourth-order valence-electron chi connectivity index (χ4n) is 2.85. The Balaban J connectivity index is 1.65. The molecule has 8 heteroatoms. The molecule has 0 aliphatic heterocycles. The topological polar surface area (TPSA) is 86.1 Å². The number of ether oxygens (including phenoxy) is 1. The van der Waals surface area contributed by atoms with Crippen LogP contribution in [0.1, 0.15) is 23.9 Å². The third kappa shape index (κ3) is 4.93. The summed E-state index contributed by atoms with van der Waals surface area (Å²) in [4.78, 5) is 28.3. The highest BCUT2D eigenvalue weighted by Gasteiger charge is 2.18. The maximum Gasteiger partial charge on any atom is 0.331 e. The molecule has 30 heavy (non-hydrogen) atoms. The van der Waals surface area contributed by atoms with Gasteiger partial charge in [0.1, 0.15) is 0 Å². The fourth-order valence-corrected chi connectivity index (χ4v) is 3.02. The van der Waals surface area contributed by atoms with Crippen LogP contribution < -0.4 is 5.32 Å². The average Bonchev–Trinajstić information content (AvgIpc) is 3.02. The SMILES string of the molecule is Cc1nn(-c2ccccc2)c(C)c1/C=C\C(=O)O[C@H](C)C(=O)Nc1cccnc1Cl. The zero-order valence-electron chi connectivity index (χ0n) is 16.8. The van der Waals surface area contributed by atoms with E-state index in [0.717, 1.165) is 22.6 Å². The molecule has 0 unspecified atom stereocenters. The number of carbonyl (C=O) groups is 2. The summed E-state index contributed by atoms with van der Waals surface area (Å²) >= 11 is 5.92. The van der Waals surface area contributed by atoms with E-state index < -0.39 is 18.0 Å². The Morgan fingerprint density at radius 1 is 1.17 bits per heavy atom. The Bertz CT molecular complexity index is 1090. The quantitative estimate of drug-likeness (QED) is 0.365. The number of aryl methyl sites for hydroxylation is 1. The molecule has 0 saturated heterocycles. The van der Waals surface area contributed by atoms with Gasteiger partial charge >= 0.3 is 5.97 Å². The van der Waals surface area contributed by atoms with Gasteiger partial charge in [-0.15, -0.1) is 0 Å². The highest BCUT2D eigenvalue weighted by molar-refractivity contribution is 6.32. The summed E-state index contributed by atoms with van der Waals surface area (Å²) in [7, 11) is 0. The van der Waals surface area contributed by atoms with Gasteiger partial charge < -0.3 is 10.1 Å². The lowest BCUT2D eigenvalue weighted by molar-refractivity contribution is -0.148. The van der Waals surface area contributed by atoms with Crippen molar-refractivity contribution in [3.63, 3.8) is 0 Å². The van der Waals surface area contributed by atoms with Crippen molar-refractivity contribution in [2.45, 2.75) is 26.9 Å². The van der Waals surface area contributed by atoms with Crippen LogP contribution in [0, 0.1) is 13.8 Å². The summed E-state index contributed by atoms with van der Waals surface area (Å²) < 4.78 is 7.00. The van der Waals surface area contributed by atoms with Gasteiger partial charge in [0.05, 0.1) is 17.1 Å². The number of amides is 1. The number of anilines is 1. The first-order valence-corrected chi connectivity index (χ1v) is 9.66. The largest absolute Gasteiger partial charge is 0.449 e. The van der Waals surface area contributed by atoms with Gasteiger partial charge in [0.2, 0.25) is 0 Å². The molecule has 3 aromatic rings. The second kappa shape index (κ2) is 9.37. The molecule has 1 N–H and O–H groups in total. The third-order valence-electron chi connectivity index (χ3n) is 4.41. The van der Waals surface area contributed by atoms with Crippen LogP contribution >= 0.6 is 11.6 Å². The predicted octanol–water partition coefficient (Wildman–Crippen LogP) is 4.12. The molecule has 1 atom stereocenters. The van der Waals surface area contributed by atoms with E-state index in [1.54, 1.807) is 18.2 Å². The molecule has 0 saturated carbocycles. The normalized spacial score (nSPS) is 12.0. The Morgan fingerprint density at radius 2 is 1.90 bits per heavy atom. The molecule has 154 valence electrons. The van der Waals surface area contributed by atoms with Gasteiger partial charge in [-0.25, -0.2) is 14.5 Å². The molecular formula is C22H21ClN4O3. The number of pyridine rings is 1. The molecule has 0 bridgehead atoms. The Labute approximate surface area is 179 Å². The second-order valence-electron chi connectivity index (χ2n) is 6.58. The van der Waals surface area contributed by atoms with Crippen LogP contribution in [0.25, 0.3) is 11.8 Å². The summed E-state index contributed by atoms with van der Waals surface area (Å²) in [6, 6.07) is 13.0. The van der Waals surface area contributed by atoms with Gasteiger partial charge in [-0.3, -0.25) is 4.79 Å². The number of para-hydroxylation sites is 1. The van der Waals surface area contributed by atoms with Crippen LogP contribution in [0.15, 0.2) is 54.7 Å². The van der Waals surface area contributed by atoms with E-state index in [0.29, 0.717) is 5.69 Å². The van der Waals surface area contributed by atoms with Crippen molar-refractivity contribution in [2.24, 2.45) is 0 Å². The van der Waals surface area contributed by atoms with E-state index in [1.807, 2.05) is 48.9 Å². The summed E-state index contributed by atoms with van der Waals surface area (Å²) in [5.74, 6) is -1.14. The molecule has 2 aromatic heterocycles. The number of nitrogens with one attached hydrogen (secondary N) is 1. The summed E-state index contributed by atoms with van der Waals surface area (Å²) in [6.45, 7) is 5.27. The molecule has 0 aliphatic carbocycles. The third-order valence-corrected chi connectivity index (χ3v) is 4.71. The summed E-state index contributed by atoms with van der Waals surface area (Å²) in [5.41, 5.74) is 3.76. The van der Waals surface area contributed by atoms with Crippen molar-refractivity contribution in [2.75, 3.05) is 5.32 Å². The van der Waals surface area contributed by atoms with Gasteiger partial charge in [-0.2, -0.15) is 5.10 Å². The summed E-state index contributed by atoms with van der Waals surface area (Å²) in [6.07, 6.45) is 3.43. The lowest BCUT2D eigenvalue weighted by Gasteiger charge is -2.12. The van der Waals surface area contributed by atoms with Crippen LogP contribution in [-0.4, -0.2) is 32.7 Å². The zero-order chi connectivity index (χ0) is 21.7. The predicted molar refractivity (Wildman–Crippen MR) is 116 cm³/mol. The highest BCUT2D eigenvalue weighted by Crippen LogP contribution is 2.20. The molecule has 0 spiro atoms. The minimum absolute atomic E-state index is 0.158. The lowest BCUT2D eigenvalue weighted by atomic mass is 10.2. The van der Waals surface area contributed by atoms with E-state index in [2.05, 4.69) is 15.4 Å². The highest BCUT2D eigenvalue weighted by atomic mass is 35.5. The molecule has 1 aromatic carbocycles. The van der Waals surface area contributed by atoms with Gasteiger partial charge in [0, 0.05) is 23.5 Å². The van der Waals surface area contributed by atoms with Crippen LogP contribution in [0.2, 0.25) is 5.15 Å². The fraction of sp³-hybridized carbons (Fsp3) is 0.182. The van der Waals surface area contributed by atoms with Crippen LogP contribution in [0.3, 0.4) is 0 Å². The number of nitrogens with zero attached hydrogens (tertiary/aromatic N) is 3. The number of halogens is 1. The van der Waals surface area contributed by atoms with E-state index >= 15 is 0 Å². The van der Waals surface area contributed by atoms with Gasteiger partial charge in [0.15, 0.2) is 11.3 Å². The van der Waals surface area contributed by atoms with Crippen molar-refractivity contribution >= 4 is 35.2 Å². The maximum atomic E-state index is 12.2. The summed E-state index contributed by atoms with van der Waals surface area (Å²) in [5, 5.41) is 7.27. The minimum atomic E-state index is -1.01. The second-order valence-corrected chi connectivity index (χ2v) is 6.93. The monoisotopic (exact) mass is 424 g/mol. The van der Waals surface area contributed by atoms with Crippen LogP contribution in [-0.2, 0) is 14.3 Å². The first kappa shape index (κ1) is 21.3. The molecule has 0 aliphatic rings. The Kier molecular flexibility index (Phi) is 6.64. The number of hydrogen-bond donors (Lipinski definition) is 1. The van der Waals surface area contributed by atoms with Crippen LogP contribution in [0.5, 0.6) is 0 Å². The van der Waals surface area contributed by atoms with Crippen molar-refractivity contribution < 1.29 is 14.3 Å². The molecule has 7 nitrogen and oxygen atoms in total. The van der Waals surface area contributed by atoms with Crippen LogP contribution in [0.4, 0.5) is 5.69 Å². The van der Waals surface area contributed by atoms with Gasteiger partial charge in [-0.1, -0.05) is 29.8 Å². The first-order chi connectivity index (χ1) is 14.4. The molecule has 1 amide bonds. The van der Waals surface area contributed by atoms with Crippen molar-refractivity contribution in [3.8, 4) is 5.69 Å². The number of carbonyl (C=O) groups excluding carboxylic acids is 2. The van der Waals surface area contributed by atoms with Crippen molar-refractivity contribution in [1.82, 2.24) is 14.8 Å². The van der Waals surface area contributed by atoms with E-state index in [4.69, 9.17) is 16.3 Å². The molecular weight excluding hydrogens is 404 g/mol. The standard InChI is InChI=1S/C22H21ClN4O3/c1-14-18(15(2)27(26-14)17-8-5-4-6-9-17)11-12-20(28)30-16(3)22(29)25-19-10-7-13-24-21(19)23/h4-13,16H,1-3H3,(H,25,29)/b12-11-/t16-/m1/s1. The molecule has 0 radical (unpaired) electrons. The minimum Gasteiger partial charge on any atom is -0.449 e. The zero-order valence-corrected chi connectivity index (χ0v) is 17.6. The molecule has 2 heterocycles. The van der Waals surface area contributed by atoms with Crippen molar-refractivity contribution in [3.05, 3.63) is 76.8 Å². The molecule has 0 fully saturated rings. The van der Waals surface area contributed by atoms with E-state index in [1.165, 1.54) is 19.2 Å². The smallest absolute Gasteiger partial charge is 0.331 e. The lowest BCUT2D eigenvalue weighted by Crippen LogP contribution is -2.29. The Morgan fingerprint density at radius 3 is 2.60 bits per heavy atom. The number of rotatable bonds is 6. The number of benzene rings is 1. The average molecular weight is 425 g/mol. The first-order valence-electron chi connectivity index (χ1n) is 9.28. The van der Waals surface area contributed by atoms with Gasteiger partial charge in [-0.05, 0) is 51.1 Å². The number of esters is 1. The Hall–Kier alpha value is -3.45. The number of hydrogen-bond acceptors (Lipinski definition) is 5. The maximum absolute atomic E-state index is 12.2. The molecule has 3 rings (SSSR count). The van der Waals surface area contributed by atoms with E-state index in [9.17, 15) is 9.59 Å². The van der Waals surface area contributed by atoms with Crippen molar-refractivity contribution in [1.29, 1.82) is 0 Å².